The van der Waals surface area contributed by atoms with Crippen LogP contribution in [0.5, 0.6) is 0 Å². The summed E-state index contributed by atoms with van der Waals surface area (Å²) in [5, 5.41) is 0. The van der Waals surface area contributed by atoms with E-state index in [9.17, 15) is 4.79 Å². The summed E-state index contributed by atoms with van der Waals surface area (Å²) in [5.74, 6) is -0.0719. The van der Waals surface area contributed by atoms with Crippen LogP contribution in [-0.2, 0) is 11.3 Å². The summed E-state index contributed by atoms with van der Waals surface area (Å²) >= 11 is 7.80. The number of hydrogen-bond donors (Lipinski definition) is 1. The highest BCUT2D eigenvalue weighted by atomic mass is 35.5. The van der Waals surface area contributed by atoms with E-state index in [0.29, 0.717) is 18.8 Å². The maximum Gasteiger partial charge on any atom is 0.246 e. The Kier molecular flexibility index (Phi) is 5.59. The van der Waals surface area contributed by atoms with Crippen molar-refractivity contribution in [2.45, 2.75) is 12.5 Å². The SMILES string of the molecule is C=CC(=O)N1Cc2sc(Cl)cc2[C@@H](c2ccccc2C(N)=CC=NC)C1. The summed E-state index contributed by atoms with van der Waals surface area (Å²) in [5.41, 5.74) is 10.1. The predicted molar refractivity (Wildman–Crippen MR) is 110 cm³/mol. The molecule has 1 aromatic carbocycles. The van der Waals surface area contributed by atoms with Crippen LogP contribution in [0.15, 0.2) is 54.1 Å². The third kappa shape index (κ3) is 3.59. The number of nitrogens with two attached hydrogens (primary N) is 1. The minimum absolute atomic E-state index is 0.00751. The third-order valence-corrected chi connectivity index (χ3v) is 5.73. The van der Waals surface area contributed by atoms with Crippen LogP contribution in [0.1, 0.15) is 27.5 Å². The second-order valence-electron chi connectivity index (χ2n) is 6.02. The van der Waals surface area contributed by atoms with Gasteiger partial charge in [-0.15, -0.1) is 11.3 Å². The quantitative estimate of drug-likeness (QED) is 0.637. The lowest BCUT2D eigenvalue weighted by molar-refractivity contribution is -0.127. The first-order valence-corrected chi connectivity index (χ1v) is 9.41. The minimum atomic E-state index is -0.0794. The molecule has 0 bridgehead atoms. The van der Waals surface area contributed by atoms with E-state index in [2.05, 4.69) is 17.6 Å². The maximum atomic E-state index is 12.2. The number of aliphatic imine (C=N–C) groups is 1. The van der Waals surface area contributed by atoms with Crippen molar-refractivity contribution >= 4 is 40.8 Å². The number of allylic oxidation sites excluding steroid dienone is 1. The Hall–Kier alpha value is -2.37. The van der Waals surface area contributed by atoms with Crippen LogP contribution in [0.25, 0.3) is 5.70 Å². The van der Waals surface area contributed by atoms with E-state index in [1.807, 2.05) is 24.3 Å². The van der Waals surface area contributed by atoms with Crippen LogP contribution < -0.4 is 5.73 Å². The molecule has 0 saturated carbocycles. The number of halogens is 1. The van der Waals surface area contributed by atoms with Crippen molar-refractivity contribution in [3.63, 3.8) is 0 Å². The Morgan fingerprint density at radius 2 is 2.19 bits per heavy atom. The van der Waals surface area contributed by atoms with Crippen LogP contribution in [0.4, 0.5) is 0 Å². The number of benzene rings is 1. The molecule has 1 atom stereocenters. The monoisotopic (exact) mass is 385 g/mol. The molecule has 3 rings (SSSR count). The van der Waals surface area contributed by atoms with Gasteiger partial charge in [0.05, 0.1) is 10.9 Å². The van der Waals surface area contributed by atoms with Crippen molar-refractivity contribution in [3.8, 4) is 0 Å². The normalized spacial score (nSPS) is 17.4. The molecule has 0 fully saturated rings. The lowest BCUT2D eigenvalue weighted by atomic mass is 9.85. The molecule has 0 saturated heterocycles. The zero-order valence-electron chi connectivity index (χ0n) is 14.5. The number of hydrogen-bond acceptors (Lipinski definition) is 4. The molecule has 1 amide bonds. The second kappa shape index (κ2) is 7.89. The molecule has 0 spiro atoms. The number of amides is 1. The fourth-order valence-corrected chi connectivity index (χ4v) is 4.61. The molecule has 0 unspecified atom stereocenters. The highest BCUT2D eigenvalue weighted by molar-refractivity contribution is 7.16. The van der Waals surface area contributed by atoms with Gasteiger partial charge in [-0.3, -0.25) is 9.79 Å². The molecule has 1 aromatic heterocycles. The Bertz CT molecular complexity index is 900. The average Bonchev–Trinajstić information content (AvgIpc) is 3.04. The molecule has 0 radical (unpaired) electrons. The number of carbonyl (C=O) groups excluding carboxylic acids is 1. The van der Waals surface area contributed by atoms with Crippen molar-refractivity contribution < 1.29 is 4.79 Å². The summed E-state index contributed by atoms with van der Waals surface area (Å²) in [6.45, 7) is 4.74. The topological polar surface area (TPSA) is 58.7 Å². The fourth-order valence-electron chi connectivity index (χ4n) is 3.26. The van der Waals surface area contributed by atoms with E-state index in [4.69, 9.17) is 17.3 Å². The first kappa shape index (κ1) is 18.4. The lowest BCUT2D eigenvalue weighted by Crippen LogP contribution is -2.37. The molecule has 4 nitrogen and oxygen atoms in total. The minimum Gasteiger partial charge on any atom is -0.398 e. The summed E-state index contributed by atoms with van der Waals surface area (Å²) in [6.07, 6.45) is 4.82. The molecule has 2 N–H and O–H groups in total. The summed E-state index contributed by atoms with van der Waals surface area (Å²) in [6, 6.07) is 10.0. The number of rotatable bonds is 4. The van der Waals surface area contributed by atoms with Crippen LogP contribution in [0, 0.1) is 0 Å². The van der Waals surface area contributed by atoms with Gasteiger partial charge in [-0.2, -0.15) is 0 Å². The van der Waals surface area contributed by atoms with E-state index >= 15 is 0 Å². The first-order chi connectivity index (χ1) is 12.5. The molecular formula is C20H20ClN3OS. The largest absolute Gasteiger partial charge is 0.398 e. The van der Waals surface area contributed by atoms with E-state index in [1.165, 1.54) is 17.4 Å². The number of carbonyl (C=O) groups is 1. The van der Waals surface area contributed by atoms with E-state index in [1.54, 1.807) is 24.2 Å². The van der Waals surface area contributed by atoms with Gasteiger partial charge in [0.25, 0.3) is 0 Å². The molecule has 26 heavy (non-hydrogen) atoms. The second-order valence-corrected chi connectivity index (χ2v) is 7.79. The number of nitrogens with zero attached hydrogens (tertiary/aromatic N) is 2. The van der Waals surface area contributed by atoms with Crippen LogP contribution >= 0.6 is 22.9 Å². The smallest absolute Gasteiger partial charge is 0.246 e. The average molecular weight is 386 g/mol. The van der Waals surface area contributed by atoms with E-state index in [0.717, 1.165) is 25.9 Å². The van der Waals surface area contributed by atoms with Gasteiger partial charge in [0.15, 0.2) is 0 Å². The van der Waals surface area contributed by atoms with Gasteiger partial charge < -0.3 is 10.6 Å². The molecule has 2 aromatic rings. The Balaban J connectivity index is 2.10. The highest BCUT2D eigenvalue weighted by Gasteiger charge is 2.31. The summed E-state index contributed by atoms with van der Waals surface area (Å²) < 4.78 is 0.729. The third-order valence-electron chi connectivity index (χ3n) is 4.46. The van der Waals surface area contributed by atoms with Crippen molar-refractivity contribution in [1.29, 1.82) is 0 Å². The molecule has 1 aliphatic heterocycles. The first-order valence-electron chi connectivity index (χ1n) is 8.21. The molecular weight excluding hydrogens is 366 g/mol. The molecule has 0 aliphatic carbocycles. The van der Waals surface area contributed by atoms with Gasteiger partial charge in [0.2, 0.25) is 5.91 Å². The van der Waals surface area contributed by atoms with Gasteiger partial charge in [0.1, 0.15) is 0 Å². The summed E-state index contributed by atoms with van der Waals surface area (Å²) in [7, 11) is 1.70. The van der Waals surface area contributed by atoms with Crippen molar-refractivity contribution in [2.75, 3.05) is 13.6 Å². The molecule has 2 heterocycles. The zero-order valence-corrected chi connectivity index (χ0v) is 16.1. The highest BCUT2D eigenvalue weighted by Crippen LogP contribution is 2.41. The lowest BCUT2D eigenvalue weighted by Gasteiger charge is -2.33. The molecule has 1 aliphatic rings. The number of thiophene rings is 1. The van der Waals surface area contributed by atoms with Crippen molar-refractivity contribution in [3.05, 3.63) is 75.0 Å². The molecule has 134 valence electrons. The maximum absolute atomic E-state index is 12.2. The predicted octanol–water partition coefficient (Wildman–Crippen LogP) is 4.06. The zero-order chi connectivity index (χ0) is 18.7. The van der Waals surface area contributed by atoms with Gasteiger partial charge >= 0.3 is 0 Å². The van der Waals surface area contributed by atoms with Gasteiger partial charge in [-0.25, -0.2) is 0 Å². The fraction of sp³-hybridized carbons (Fsp3) is 0.200. The van der Waals surface area contributed by atoms with Crippen LogP contribution in [0.3, 0.4) is 0 Å². The summed E-state index contributed by atoms with van der Waals surface area (Å²) in [4.78, 5) is 19.1. The van der Waals surface area contributed by atoms with Gasteiger partial charge in [0, 0.05) is 41.9 Å². The van der Waals surface area contributed by atoms with Crippen LogP contribution in [0.2, 0.25) is 4.34 Å². The van der Waals surface area contributed by atoms with Gasteiger partial charge in [-0.1, -0.05) is 42.4 Å². The van der Waals surface area contributed by atoms with Crippen LogP contribution in [-0.4, -0.2) is 30.6 Å². The number of fused-ring (bicyclic) bond motifs is 1. The van der Waals surface area contributed by atoms with E-state index in [-0.39, 0.29) is 11.8 Å². The van der Waals surface area contributed by atoms with Crippen molar-refractivity contribution in [2.24, 2.45) is 10.7 Å². The Labute approximate surface area is 162 Å². The van der Waals surface area contributed by atoms with Crippen molar-refractivity contribution in [1.82, 2.24) is 4.90 Å². The van der Waals surface area contributed by atoms with Gasteiger partial charge in [-0.05, 0) is 29.3 Å². The molecule has 6 heteroatoms. The Morgan fingerprint density at radius 3 is 2.92 bits per heavy atom. The standard InChI is InChI=1S/C20H20ClN3OS/c1-3-20(25)24-11-16(15-10-19(21)26-18(15)12-24)13-6-4-5-7-14(13)17(22)8-9-23-2/h3-10,16H,1,11-12,22H2,2H3/t16-/m1/s1. The van der Waals surface area contributed by atoms with E-state index < -0.39 is 0 Å². The Morgan fingerprint density at radius 1 is 1.42 bits per heavy atom.